The zero-order valence-electron chi connectivity index (χ0n) is 11.0. The summed E-state index contributed by atoms with van der Waals surface area (Å²) >= 11 is 11.8. The number of hydrogen-bond donors (Lipinski definition) is 0. The van der Waals surface area contributed by atoms with Crippen molar-refractivity contribution in [3.63, 3.8) is 0 Å². The molecule has 0 unspecified atom stereocenters. The molecular formula is C17H11Cl2NO. The number of rotatable bonds is 3. The van der Waals surface area contributed by atoms with Crippen molar-refractivity contribution in [3.05, 3.63) is 75.9 Å². The highest BCUT2D eigenvalue weighted by Gasteiger charge is 2.10. The van der Waals surface area contributed by atoms with E-state index in [0.29, 0.717) is 15.7 Å². The van der Waals surface area contributed by atoms with Crippen molar-refractivity contribution in [2.45, 2.75) is 6.42 Å². The van der Waals surface area contributed by atoms with Crippen molar-refractivity contribution in [2.75, 3.05) is 0 Å². The van der Waals surface area contributed by atoms with E-state index in [1.165, 1.54) is 0 Å². The monoisotopic (exact) mass is 315 g/mol. The molecule has 4 heteroatoms. The van der Waals surface area contributed by atoms with Crippen LogP contribution in [0.1, 0.15) is 16.1 Å². The van der Waals surface area contributed by atoms with Crippen LogP contribution in [0.4, 0.5) is 0 Å². The van der Waals surface area contributed by atoms with Crippen LogP contribution in [0.25, 0.3) is 10.9 Å². The molecule has 0 aliphatic rings. The third-order valence-electron chi connectivity index (χ3n) is 3.23. The Morgan fingerprint density at radius 2 is 1.76 bits per heavy atom. The summed E-state index contributed by atoms with van der Waals surface area (Å²) < 4.78 is 0. The van der Waals surface area contributed by atoms with Gasteiger partial charge < -0.3 is 0 Å². The second-order valence-electron chi connectivity index (χ2n) is 4.74. The van der Waals surface area contributed by atoms with E-state index in [4.69, 9.17) is 23.2 Å². The Morgan fingerprint density at radius 1 is 0.952 bits per heavy atom. The second-order valence-corrected chi connectivity index (χ2v) is 5.55. The largest absolute Gasteiger partial charge is 0.292 e. The lowest BCUT2D eigenvalue weighted by Crippen LogP contribution is -2.06. The molecule has 0 N–H and O–H groups in total. The van der Waals surface area contributed by atoms with Gasteiger partial charge in [-0.2, -0.15) is 0 Å². The predicted molar refractivity (Wildman–Crippen MR) is 86.2 cm³/mol. The van der Waals surface area contributed by atoms with E-state index < -0.39 is 0 Å². The van der Waals surface area contributed by atoms with Gasteiger partial charge in [0.1, 0.15) is 5.69 Å². The first-order valence-electron chi connectivity index (χ1n) is 6.46. The van der Waals surface area contributed by atoms with Crippen molar-refractivity contribution in [1.29, 1.82) is 0 Å². The first kappa shape index (κ1) is 14.1. The van der Waals surface area contributed by atoms with Gasteiger partial charge in [0, 0.05) is 11.8 Å². The van der Waals surface area contributed by atoms with Gasteiger partial charge in [0.2, 0.25) is 0 Å². The van der Waals surface area contributed by atoms with Crippen molar-refractivity contribution >= 4 is 39.9 Å². The molecule has 3 aromatic rings. The molecule has 0 radical (unpaired) electrons. The third kappa shape index (κ3) is 3.07. The van der Waals surface area contributed by atoms with Crippen LogP contribution in [0.15, 0.2) is 54.6 Å². The van der Waals surface area contributed by atoms with E-state index in [1.54, 1.807) is 24.3 Å². The number of aromatic nitrogens is 1. The number of halogens is 2. The zero-order valence-corrected chi connectivity index (χ0v) is 12.5. The van der Waals surface area contributed by atoms with Crippen molar-refractivity contribution in [3.8, 4) is 0 Å². The van der Waals surface area contributed by atoms with Crippen LogP contribution in [0.5, 0.6) is 0 Å². The van der Waals surface area contributed by atoms with Gasteiger partial charge >= 0.3 is 0 Å². The Bertz CT molecular complexity index is 830. The number of carbonyl (C=O) groups excluding carboxylic acids is 1. The van der Waals surface area contributed by atoms with Gasteiger partial charge in [-0.15, -0.1) is 0 Å². The number of benzene rings is 2. The number of Topliss-reactive ketones (excluding diaryl/α,β-unsaturated/α-hetero) is 1. The molecule has 0 saturated heterocycles. The SMILES string of the molecule is O=C(Cc1ccc(Cl)c(Cl)c1)c1ccc2ccccc2n1. The van der Waals surface area contributed by atoms with E-state index in [0.717, 1.165) is 16.5 Å². The summed E-state index contributed by atoms with van der Waals surface area (Å²) in [5.41, 5.74) is 2.10. The van der Waals surface area contributed by atoms with Crippen LogP contribution >= 0.6 is 23.2 Å². The molecule has 0 saturated carbocycles. The first-order valence-corrected chi connectivity index (χ1v) is 7.22. The number of carbonyl (C=O) groups is 1. The Morgan fingerprint density at radius 3 is 2.57 bits per heavy atom. The number of nitrogens with zero attached hydrogens (tertiary/aromatic N) is 1. The molecule has 2 nitrogen and oxygen atoms in total. The van der Waals surface area contributed by atoms with Crippen LogP contribution in [0.3, 0.4) is 0 Å². The maximum absolute atomic E-state index is 12.3. The maximum atomic E-state index is 12.3. The molecule has 0 atom stereocenters. The van der Waals surface area contributed by atoms with Crippen molar-refractivity contribution < 1.29 is 4.79 Å². The summed E-state index contributed by atoms with van der Waals surface area (Å²) in [4.78, 5) is 16.7. The Labute approximate surface area is 132 Å². The lowest BCUT2D eigenvalue weighted by Gasteiger charge is -2.04. The number of fused-ring (bicyclic) bond motifs is 1. The summed E-state index contributed by atoms with van der Waals surface area (Å²) in [6.45, 7) is 0. The van der Waals surface area contributed by atoms with Gasteiger partial charge in [-0.1, -0.05) is 53.5 Å². The Kier molecular flexibility index (Phi) is 3.91. The number of pyridine rings is 1. The molecule has 21 heavy (non-hydrogen) atoms. The summed E-state index contributed by atoms with van der Waals surface area (Å²) in [7, 11) is 0. The summed E-state index contributed by atoms with van der Waals surface area (Å²) in [5.74, 6) is -0.0425. The minimum absolute atomic E-state index is 0.0425. The molecule has 0 amide bonds. The Balaban J connectivity index is 1.87. The highest BCUT2D eigenvalue weighted by molar-refractivity contribution is 6.42. The fraction of sp³-hybridized carbons (Fsp3) is 0.0588. The zero-order chi connectivity index (χ0) is 14.8. The fourth-order valence-electron chi connectivity index (χ4n) is 2.15. The molecule has 2 aromatic carbocycles. The van der Waals surface area contributed by atoms with Gasteiger partial charge in [-0.25, -0.2) is 4.98 Å². The average Bonchev–Trinajstić information content (AvgIpc) is 2.50. The van der Waals surface area contributed by atoms with Crippen LogP contribution < -0.4 is 0 Å². The minimum Gasteiger partial charge on any atom is -0.292 e. The lowest BCUT2D eigenvalue weighted by molar-refractivity contribution is 0.0988. The molecule has 0 spiro atoms. The first-order chi connectivity index (χ1) is 10.1. The molecule has 0 aliphatic carbocycles. The normalized spacial score (nSPS) is 10.8. The van der Waals surface area contributed by atoms with Gasteiger partial charge in [0.25, 0.3) is 0 Å². The van der Waals surface area contributed by atoms with E-state index in [2.05, 4.69) is 4.98 Å². The molecule has 104 valence electrons. The second kappa shape index (κ2) is 5.84. The topological polar surface area (TPSA) is 30.0 Å². The predicted octanol–water partition coefficient (Wildman–Crippen LogP) is 4.97. The lowest BCUT2D eigenvalue weighted by atomic mass is 10.1. The molecule has 0 aliphatic heterocycles. The van der Waals surface area contributed by atoms with Crippen molar-refractivity contribution in [1.82, 2.24) is 4.98 Å². The van der Waals surface area contributed by atoms with Crippen LogP contribution in [0.2, 0.25) is 10.0 Å². The van der Waals surface area contributed by atoms with Gasteiger partial charge in [-0.05, 0) is 29.8 Å². The minimum atomic E-state index is -0.0425. The maximum Gasteiger partial charge on any atom is 0.185 e. The van der Waals surface area contributed by atoms with Gasteiger partial charge in [0.15, 0.2) is 5.78 Å². The van der Waals surface area contributed by atoms with E-state index in [1.807, 2.05) is 30.3 Å². The third-order valence-corrected chi connectivity index (χ3v) is 3.97. The highest BCUT2D eigenvalue weighted by atomic mass is 35.5. The van der Waals surface area contributed by atoms with E-state index >= 15 is 0 Å². The molecule has 0 bridgehead atoms. The van der Waals surface area contributed by atoms with Crippen molar-refractivity contribution in [2.24, 2.45) is 0 Å². The molecule has 3 rings (SSSR count). The molecular weight excluding hydrogens is 305 g/mol. The number of ketones is 1. The van der Waals surface area contributed by atoms with E-state index in [9.17, 15) is 4.79 Å². The quantitative estimate of drug-likeness (QED) is 0.639. The number of hydrogen-bond acceptors (Lipinski definition) is 2. The molecule has 1 aromatic heterocycles. The molecule has 0 fully saturated rings. The standard InChI is InChI=1S/C17H11Cl2NO/c18-13-7-5-11(9-14(13)19)10-17(21)16-8-6-12-3-1-2-4-15(12)20-16/h1-9H,10H2. The summed E-state index contributed by atoms with van der Waals surface area (Å²) in [6, 6.07) is 16.6. The number of para-hydroxylation sites is 1. The Hall–Kier alpha value is -1.90. The molecule has 1 heterocycles. The fourth-order valence-corrected chi connectivity index (χ4v) is 2.47. The van der Waals surface area contributed by atoms with Crippen LogP contribution in [0, 0.1) is 0 Å². The van der Waals surface area contributed by atoms with Crippen LogP contribution in [-0.4, -0.2) is 10.8 Å². The van der Waals surface area contributed by atoms with E-state index in [-0.39, 0.29) is 12.2 Å². The highest BCUT2D eigenvalue weighted by Crippen LogP contribution is 2.23. The smallest absolute Gasteiger partial charge is 0.185 e. The average molecular weight is 316 g/mol. The summed E-state index contributed by atoms with van der Waals surface area (Å²) in [6.07, 6.45) is 0.252. The van der Waals surface area contributed by atoms with Crippen LogP contribution in [-0.2, 0) is 6.42 Å². The van der Waals surface area contributed by atoms with Gasteiger partial charge in [-0.3, -0.25) is 4.79 Å². The van der Waals surface area contributed by atoms with Gasteiger partial charge in [0.05, 0.1) is 15.6 Å². The summed E-state index contributed by atoms with van der Waals surface area (Å²) in [5, 5.41) is 1.95.